The van der Waals surface area contributed by atoms with Gasteiger partial charge in [0, 0.05) is 10.0 Å². The van der Waals surface area contributed by atoms with Gasteiger partial charge in [-0.3, -0.25) is 0 Å². The number of hydrogen-bond acceptors (Lipinski definition) is 4. The Hall–Kier alpha value is -1.20. The van der Waals surface area contributed by atoms with Crippen LogP contribution in [0.1, 0.15) is 24.8 Å². The summed E-state index contributed by atoms with van der Waals surface area (Å²) < 4.78 is 6.32. The number of halogens is 1. The lowest BCUT2D eigenvalue weighted by atomic mass is 10.2. The second kappa shape index (κ2) is 4.58. The lowest BCUT2D eigenvalue weighted by Gasteiger charge is -2.01. The maximum atomic E-state index is 5.30. The van der Waals surface area contributed by atoms with E-state index in [4.69, 9.17) is 4.52 Å². The highest BCUT2D eigenvalue weighted by Gasteiger charge is 2.22. The molecular formula is C12H12BrN3O. The molecule has 88 valence electrons. The van der Waals surface area contributed by atoms with E-state index in [0.29, 0.717) is 11.7 Å². The predicted octanol–water partition coefficient (Wildman–Crippen LogP) is 2.92. The lowest BCUT2D eigenvalue weighted by molar-refractivity contribution is 0.345. The molecule has 3 rings (SSSR count). The van der Waals surface area contributed by atoms with Crippen molar-refractivity contribution >= 4 is 15.9 Å². The molecular weight excluding hydrogens is 282 g/mol. The largest absolute Gasteiger partial charge is 0.337 e. The van der Waals surface area contributed by atoms with Crippen LogP contribution in [0.3, 0.4) is 0 Å². The topological polar surface area (TPSA) is 51.0 Å². The van der Waals surface area contributed by atoms with E-state index in [1.54, 1.807) is 0 Å². The molecule has 1 aliphatic rings. The Bertz CT molecular complexity index is 520. The highest BCUT2D eigenvalue weighted by atomic mass is 79.9. The van der Waals surface area contributed by atoms with Gasteiger partial charge in [0.15, 0.2) is 0 Å². The molecule has 1 N–H and O–H groups in total. The minimum atomic E-state index is 0.225. The first-order valence-electron chi connectivity index (χ1n) is 5.66. The van der Waals surface area contributed by atoms with Gasteiger partial charge in [0.25, 0.3) is 0 Å². The van der Waals surface area contributed by atoms with E-state index in [2.05, 4.69) is 31.4 Å². The van der Waals surface area contributed by atoms with Gasteiger partial charge in [0.05, 0.1) is 6.04 Å². The van der Waals surface area contributed by atoms with E-state index in [9.17, 15) is 0 Å². The van der Waals surface area contributed by atoms with Crippen LogP contribution in [-0.2, 0) is 0 Å². The summed E-state index contributed by atoms with van der Waals surface area (Å²) in [5, 5.41) is 7.37. The number of rotatable bonds is 2. The zero-order valence-electron chi connectivity index (χ0n) is 9.19. The van der Waals surface area contributed by atoms with Crippen molar-refractivity contribution in [3.63, 3.8) is 0 Å². The zero-order chi connectivity index (χ0) is 11.7. The molecule has 1 aromatic heterocycles. The van der Waals surface area contributed by atoms with Crippen LogP contribution in [0.15, 0.2) is 33.3 Å². The Kier molecular flexibility index (Phi) is 2.94. The fourth-order valence-corrected chi connectivity index (χ4v) is 2.42. The van der Waals surface area contributed by atoms with E-state index < -0.39 is 0 Å². The number of benzene rings is 1. The van der Waals surface area contributed by atoms with Crippen LogP contribution in [-0.4, -0.2) is 16.7 Å². The highest BCUT2D eigenvalue weighted by molar-refractivity contribution is 9.10. The number of hydrogen-bond donors (Lipinski definition) is 1. The van der Waals surface area contributed by atoms with E-state index in [1.807, 2.05) is 24.3 Å². The first kappa shape index (κ1) is 10.9. The summed E-state index contributed by atoms with van der Waals surface area (Å²) in [4.78, 5) is 4.44. The van der Waals surface area contributed by atoms with Crippen LogP contribution in [0.4, 0.5) is 0 Å². The van der Waals surface area contributed by atoms with E-state index in [-0.39, 0.29) is 6.04 Å². The normalized spacial score (nSPS) is 19.7. The van der Waals surface area contributed by atoms with Crippen molar-refractivity contribution in [2.45, 2.75) is 18.9 Å². The van der Waals surface area contributed by atoms with Crippen molar-refractivity contribution in [2.24, 2.45) is 0 Å². The summed E-state index contributed by atoms with van der Waals surface area (Å²) in [6, 6.07) is 8.12. The van der Waals surface area contributed by atoms with Crippen LogP contribution in [0.2, 0.25) is 0 Å². The van der Waals surface area contributed by atoms with Crippen LogP contribution in [0, 0.1) is 0 Å². The first-order chi connectivity index (χ1) is 8.33. The number of nitrogens with zero attached hydrogens (tertiary/aromatic N) is 2. The molecule has 2 aromatic rings. The minimum Gasteiger partial charge on any atom is -0.337 e. The molecule has 1 atom stereocenters. The van der Waals surface area contributed by atoms with Crippen molar-refractivity contribution in [2.75, 3.05) is 6.54 Å². The van der Waals surface area contributed by atoms with E-state index in [0.717, 1.165) is 23.0 Å². The molecule has 2 heterocycles. The average Bonchev–Trinajstić information content (AvgIpc) is 3.00. The quantitative estimate of drug-likeness (QED) is 0.925. The smallest absolute Gasteiger partial charge is 0.244 e. The molecule has 0 amide bonds. The molecule has 0 radical (unpaired) electrons. The summed E-state index contributed by atoms with van der Waals surface area (Å²) >= 11 is 3.43. The monoisotopic (exact) mass is 293 g/mol. The molecule has 1 fully saturated rings. The molecule has 0 unspecified atom stereocenters. The van der Waals surface area contributed by atoms with Crippen molar-refractivity contribution in [3.05, 3.63) is 34.6 Å². The van der Waals surface area contributed by atoms with Gasteiger partial charge in [-0.1, -0.05) is 33.2 Å². The van der Waals surface area contributed by atoms with Crippen LogP contribution >= 0.6 is 15.9 Å². The fraction of sp³-hybridized carbons (Fsp3) is 0.333. The SMILES string of the molecule is Brc1cccc(-c2noc([C@@H]3CCCN3)n2)c1. The van der Waals surface area contributed by atoms with Gasteiger partial charge in [-0.15, -0.1) is 0 Å². The van der Waals surface area contributed by atoms with E-state index in [1.165, 1.54) is 6.42 Å². The Labute approximate surface area is 108 Å². The average molecular weight is 294 g/mol. The van der Waals surface area contributed by atoms with Gasteiger partial charge in [0.1, 0.15) is 0 Å². The third-order valence-electron chi connectivity index (χ3n) is 2.88. The minimum absolute atomic E-state index is 0.225. The zero-order valence-corrected chi connectivity index (χ0v) is 10.8. The van der Waals surface area contributed by atoms with Crippen molar-refractivity contribution in [1.29, 1.82) is 0 Å². The maximum absolute atomic E-state index is 5.30. The molecule has 1 saturated heterocycles. The molecule has 17 heavy (non-hydrogen) atoms. The second-order valence-electron chi connectivity index (χ2n) is 4.12. The molecule has 1 aromatic carbocycles. The van der Waals surface area contributed by atoms with Gasteiger partial charge in [-0.2, -0.15) is 4.98 Å². The molecule has 1 aliphatic heterocycles. The molecule has 0 bridgehead atoms. The summed E-state index contributed by atoms with van der Waals surface area (Å²) in [5.41, 5.74) is 0.965. The fourth-order valence-electron chi connectivity index (χ4n) is 2.02. The van der Waals surface area contributed by atoms with Crippen LogP contribution < -0.4 is 5.32 Å². The van der Waals surface area contributed by atoms with Crippen molar-refractivity contribution in [3.8, 4) is 11.4 Å². The van der Waals surface area contributed by atoms with Crippen molar-refractivity contribution in [1.82, 2.24) is 15.5 Å². The Morgan fingerprint density at radius 1 is 1.41 bits per heavy atom. The molecule has 0 saturated carbocycles. The molecule has 0 aliphatic carbocycles. The molecule has 4 nitrogen and oxygen atoms in total. The van der Waals surface area contributed by atoms with Crippen LogP contribution in [0.5, 0.6) is 0 Å². The predicted molar refractivity (Wildman–Crippen MR) is 67.4 cm³/mol. The van der Waals surface area contributed by atoms with E-state index >= 15 is 0 Å². The van der Waals surface area contributed by atoms with Gasteiger partial charge in [-0.05, 0) is 31.5 Å². The van der Waals surface area contributed by atoms with Gasteiger partial charge < -0.3 is 9.84 Å². The summed E-state index contributed by atoms with van der Waals surface area (Å²) in [6.45, 7) is 1.03. The summed E-state index contributed by atoms with van der Waals surface area (Å²) in [5.74, 6) is 1.34. The maximum Gasteiger partial charge on any atom is 0.244 e. The second-order valence-corrected chi connectivity index (χ2v) is 5.03. The first-order valence-corrected chi connectivity index (χ1v) is 6.45. The molecule has 5 heteroatoms. The third kappa shape index (κ3) is 2.25. The highest BCUT2D eigenvalue weighted by Crippen LogP contribution is 2.25. The van der Waals surface area contributed by atoms with Crippen LogP contribution in [0.25, 0.3) is 11.4 Å². The third-order valence-corrected chi connectivity index (χ3v) is 3.38. The standard InChI is InChI=1S/C12H12BrN3O/c13-9-4-1-3-8(7-9)11-15-12(17-16-11)10-5-2-6-14-10/h1,3-4,7,10,14H,2,5-6H2/t10-/m0/s1. The Morgan fingerprint density at radius 2 is 2.35 bits per heavy atom. The molecule has 0 spiro atoms. The Balaban J connectivity index is 1.89. The number of aromatic nitrogens is 2. The van der Waals surface area contributed by atoms with Gasteiger partial charge >= 0.3 is 0 Å². The van der Waals surface area contributed by atoms with Crippen molar-refractivity contribution < 1.29 is 4.52 Å². The van der Waals surface area contributed by atoms with Gasteiger partial charge in [-0.25, -0.2) is 0 Å². The Morgan fingerprint density at radius 3 is 3.12 bits per heavy atom. The summed E-state index contributed by atoms with van der Waals surface area (Å²) in [6.07, 6.45) is 2.24. The van der Waals surface area contributed by atoms with Gasteiger partial charge in [0.2, 0.25) is 11.7 Å². The summed E-state index contributed by atoms with van der Waals surface area (Å²) in [7, 11) is 0. The number of nitrogens with one attached hydrogen (secondary N) is 1. The lowest BCUT2D eigenvalue weighted by Crippen LogP contribution is -2.12.